The van der Waals surface area contributed by atoms with E-state index >= 15 is 0 Å². The zero-order valence-corrected chi connectivity index (χ0v) is 8.29. The molecule has 0 bridgehead atoms. The van der Waals surface area contributed by atoms with E-state index in [9.17, 15) is 8.42 Å². The lowest BCUT2D eigenvalue weighted by Gasteiger charge is -2.32. The fraction of sp³-hybridized carbons (Fsp3) is 0.571. The molecule has 1 aromatic rings. The highest BCUT2D eigenvalue weighted by atomic mass is 32.2. The van der Waals surface area contributed by atoms with Crippen molar-refractivity contribution in [1.29, 1.82) is 0 Å². The quantitative estimate of drug-likeness (QED) is 0.614. The fourth-order valence-corrected chi connectivity index (χ4v) is 2.60. The average molecular weight is 216 g/mol. The Morgan fingerprint density at radius 1 is 1.57 bits per heavy atom. The molecule has 1 fully saturated rings. The number of nitrogens with one attached hydrogen (secondary N) is 2. The zero-order valence-electron chi connectivity index (χ0n) is 7.47. The Hall–Kier alpha value is -0.920. The van der Waals surface area contributed by atoms with Gasteiger partial charge in [-0.2, -0.15) is 0 Å². The molecule has 78 valence electrons. The molecule has 7 heteroatoms. The Morgan fingerprint density at radius 3 is 2.79 bits per heavy atom. The minimum absolute atomic E-state index is 0.0294. The van der Waals surface area contributed by atoms with E-state index in [2.05, 4.69) is 14.7 Å². The van der Waals surface area contributed by atoms with E-state index < -0.39 is 10.0 Å². The Balaban J connectivity index is 2.04. The number of H-pyrrole nitrogens is 1. The Labute approximate surface area is 82.0 Å². The molecular formula is C7H12N4O2S. The number of aromatic amines is 1. The van der Waals surface area contributed by atoms with Crippen LogP contribution in [0.15, 0.2) is 17.6 Å². The van der Waals surface area contributed by atoms with Gasteiger partial charge in [-0.15, -0.1) is 0 Å². The summed E-state index contributed by atoms with van der Waals surface area (Å²) in [6.45, 7) is 0. The lowest BCUT2D eigenvalue weighted by Crippen LogP contribution is -2.50. The van der Waals surface area contributed by atoms with E-state index in [-0.39, 0.29) is 17.1 Å². The number of sulfonamides is 1. The molecule has 1 saturated carbocycles. The van der Waals surface area contributed by atoms with Gasteiger partial charge in [0.15, 0.2) is 5.03 Å². The molecular weight excluding hydrogens is 204 g/mol. The molecule has 0 spiro atoms. The molecule has 1 aliphatic rings. The molecule has 1 aliphatic carbocycles. The van der Waals surface area contributed by atoms with Crippen LogP contribution in [-0.4, -0.2) is 30.5 Å². The molecule has 0 radical (unpaired) electrons. The van der Waals surface area contributed by atoms with E-state index in [1.54, 1.807) is 0 Å². The molecule has 1 aromatic heterocycles. The summed E-state index contributed by atoms with van der Waals surface area (Å²) in [5, 5.41) is 0.0953. The number of imidazole rings is 1. The molecule has 0 amide bonds. The van der Waals surface area contributed by atoms with Crippen molar-refractivity contribution in [3.05, 3.63) is 12.5 Å². The average Bonchev–Trinajstić information content (AvgIpc) is 2.52. The van der Waals surface area contributed by atoms with Crippen molar-refractivity contribution < 1.29 is 8.42 Å². The van der Waals surface area contributed by atoms with Gasteiger partial charge in [0.1, 0.15) is 0 Å². The molecule has 4 N–H and O–H groups in total. The van der Waals surface area contributed by atoms with Crippen molar-refractivity contribution in [2.45, 2.75) is 30.0 Å². The number of hydrogen-bond donors (Lipinski definition) is 3. The standard InChI is InChI=1S/C7H12N4O2S/c8-5-1-6(2-5)11-14(12,13)7-3-9-4-10-7/h3-6,11H,1-2,8H2,(H,9,10). The minimum atomic E-state index is -3.42. The van der Waals surface area contributed by atoms with Crippen molar-refractivity contribution in [3.8, 4) is 0 Å². The maximum atomic E-state index is 11.6. The monoisotopic (exact) mass is 216 g/mol. The highest BCUT2D eigenvalue weighted by molar-refractivity contribution is 7.89. The van der Waals surface area contributed by atoms with Gasteiger partial charge < -0.3 is 10.7 Å². The SMILES string of the molecule is NC1CC(NS(=O)(=O)c2cnc[nH]2)C1. The maximum Gasteiger partial charge on any atom is 0.257 e. The van der Waals surface area contributed by atoms with E-state index in [0.717, 1.165) is 0 Å². The second kappa shape index (κ2) is 3.34. The van der Waals surface area contributed by atoms with Crippen LogP contribution in [0.4, 0.5) is 0 Å². The molecule has 0 aliphatic heterocycles. The summed E-state index contributed by atoms with van der Waals surface area (Å²) in [6.07, 6.45) is 4.02. The topological polar surface area (TPSA) is 101 Å². The van der Waals surface area contributed by atoms with E-state index in [1.165, 1.54) is 12.5 Å². The Bertz CT molecular complexity index is 393. The van der Waals surface area contributed by atoms with Crippen LogP contribution in [0.25, 0.3) is 0 Å². The second-order valence-electron chi connectivity index (χ2n) is 3.47. The van der Waals surface area contributed by atoms with Gasteiger partial charge in [0.25, 0.3) is 10.0 Å². The zero-order chi connectivity index (χ0) is 10.2. The number of rotatable bonds is 3. The van der Waals surface area contributed by atoms with Gasteiger partial charge in [-0.05, 0) is 12.8 Å². The van der Waals surface area contributed by atoms with Crippen LogP contribution in [0.1, 0.15) is 12.8 Å². The predicted molar refractivity (Wildman–Crippen MR) is 49.9 cm³/mol. The van der Waals surface area contributed by atoms with Crippen LogP contribution < -0.4 is 10.5 Å². The maximum absolute atomic E-state index is 11.6. The first kappa shape index (κ1) is 9.63. The highest BCUT2D eigenvalue weighted by Gasteiger charge is 2.30. The third-order valence-corrected chi connectivity index (χ3v) is 3.70. The summed E-state index contributed by atoms with van der Waals surface area (Å²) in [7, 11) is -3.42. The van der Waals surface area contributed by atoms with Crippen LogP contribution >= 0.6 is 0 Å². The summed E-state index contributed by atoms with van der Waals surface area (Å²) in [6, 6.07) is 0.0998. The van der Waals surface area contributed by atoms with Gasteiger partial charge in [-0.3, -0.25) is 0 Å². The van der Waals surface area contributed by atoms with Crippen LogP contribution in [0.2, 0.25) is 0 Å². The molecule has 1 heterocycles. The molecule has 0 atom stereocenters. The first-order chi connectivity index (χ1) is 6.58. The van der Waals surface area contributed by atoms with Crippen molar-refractivity contribution in [1.82, 2.24) is 14.7 Å². The van der Waals surface area contributed by atoms with Gasteiger partial charge in [-0.25, -0.2) is 18.1 Å². The third-order valence-electron chi connectivity index (χ3n) is 2.26. The molecule has 0 aromatic carbocycles. The Morgan fingerprint density at radius 2 is 2.29 bits per heavy atom. The van der Waals surface area contributed by atoms with Crippen LogP contribution in [0.5, 0.6) is 0 Å². The van der Waals surface area contributed by atoms with Crippen LogP contribution in [0, 0.1) is 0 Å². The molecule has 14 heavy (non-hydrogen) atoms. The van der Waals surface area contributed by atoms with E-state index in [4.69, 9.17) is 5.73 Å². The Kier molecular flexibility index (Phi) is 2.30. The van der Waals surface area contributed by atoms with Gasteiger partial charge in [0.05, 0.1) is 12.5 Å². The fourth-order valence-electron chi connectivity index (χ4n) is 1.43. The number of nitrogens with zero attached hydrogens (tertiary/aromatic N) is 1. The lowest BCUT2D eigenvalue weighted by atomic mass is 9.89. The number of nitrogens with two attached hydrogens (primary N) is 1. The smallest absolute Gasteiger partial charge is 0.257 e. The lowest BCUT2D eigenvalue weighted by molar-refractivity contribution is 0.327. The summed E-state index contributed by atoms with van der Waals surface area (Å²) in [4.78, 5) is 6.20. The largest absolute Gasteiger partial charge is 0.335 e. The minimum Gasteiger partial charge on any atom is -0.335 e. The summed E-state index contributed by atoms with van der Waals surface area (Å²) in [5.74, 6) is 0. The third kappa shape index (κ3) is 1.79. The molecule has 0 saturated heterocycles. The first-order valence-electron chi connectivity index (χ1n) is 4.34. The van der Waals surface area contributed by atoms with E-state index in [0.29, 0.717) is 12.8 Å². The van der Waals surface area contributed by atoms with Gasteiger partial charge >= 0.3 is 0 Å². The highest BCUT2D eigenvalue weighted by Crippen LogP contribution is 2.19. The number of aromatic nitrogens is 2. The van der Waals surface area contributed by atoms with Gasteiger partial charge in [-0.1, -0.05) is 0 Å². The molecule has 2 rings (SSSR count). The summed E-state index contributed by atoms with van der Waals surface area (Å²) < 4.78 is 25.7. The first-order valence-corrected chi connectivity index (χ1v) is 5.82. The second-order valence-corrected chi connectivity index (χ2v) is 5.15. The van der Waals surface area contributed by atoms with Crippen molar-refractivity contribution >= 4 is 10.0 Å². The summed E-state index contributed by atoms with van der Waals surface area (Å²) in [5.41, 5.74) is 5.55. The van der Waals surface area contributed by atoms with Gasteiger partial charge in [0, 0.05) is 12.1 Å². The van der Waals surface area contributed by atoms with Crippen LogP contribution in [0.3, 0.4) is 0 Å². The molecule has 0 unspecified atom stereocenters. The van der Waals surface area contributed by atoms with Crippen molar-refractivity contribution in [2.75, 3.05) is 0 Å². The number of hydrogen-bond acceptors (Lipinski definition) is 4. The normalized spacial score (nSPS) is 27.2. The van der Waals surface area contributed by atoms with Gasteiger partial charge in [0.2, 0.25) is 0 Å². The molecule has 6 nitrogen and oxygen atoms in total. The summed E-state index contributed by atoms with van der Waals surface area (Å²) >= 11 is 0. The predicted octanol–water partition coefficient (Wildman–Crippen LogP) is -0.822. The van der Waals surface area contributed by atoms with Crippen molar-refractivity contribution in [3.63, 3.8) is 0 Å². The van der Waals surface area contributed by atoms with E-state index in [1.807, 2.05) is 0 Å². The van der Waals surface area contributed by atoms with Crippen LogP contribution in [-0.2, 0) is 10.0 Å². The van der Waals surface area contributed by atoms with Crippen molar-refractivity contribution in [2.24, 2.45) is 5.73 Å².